The summed E-state index contributed by atoms with van der Waals surface area (Å²) in [7, 11) is 0. The van der Waals surface area contributed by atoms with Crippen LogP contribution in [0.15, 0.2) is 29.3 Å². The average Bonchev–Trinajstić information content (AvgIpc) is 2.37. The van der Waals surface area contributed by atoms with E-state index in [2.05, 4.69) is 9.72 Å². The smallest absolute Gasteiger partial charge is 0.403 e. The van der Waals surface area contributed by atoms with E-state index < -0.39 is 6.36 Å². The van der Waals surface area contributed by atoms with Crippen molar-refractivity contribution in [2.45, 2.75) is 24.6 Å². The third kappa shape index (κ3) is 3.49. The second-order valence-electron chi connectivity index (χ2n) is 3.99. The fourth-order valence-corrected chi connectivity index (χ4v) is 2.82. The van der Waals surface area contributed by atoms with Gasteiger partial charge in [-0.05, 0) is 18.2 Å². The highest BCUT2D eigenvalue weighted by molar-refractivity contribution is 7.99. The van der Waals surface area contributed by atoms with Crippen LogP contribution < -0.4 is 4.74 Å². The Balaban J connectivity index is 2.47. The summed E-state index contributed by atoms with van der Waals surface area (Å²) in [5.41, 5.74) is 0.107. The van der Waals surface area contributed by atoms with Crippen molar-refractivity contribution in [1.82, 2.24) is 4.98 Å². The zero-order chi connectivity index (χ0) is 14.8. The van der Waals surface area contributed by atoms with Gasteiger partial charge in [0.15, 0.2) is 5.75 Å². The van der Waals surface area contributed by atoms with E-state index in [1.165, 1.54) is 30.1 Å². The minimum absolute atomic E-state index is 0.107. The number of alkyl halides is 3. The molecule has 0 saturated carbocycles. The number of thioether (sulfide) groups is 1. The molecule has 0 aliphatic rings. The highest BCUT2D eigenvalue weighted by Gasteiger charge is 2.32. The fraction of sp³-hybridized carbons (Fsp3) is 0.308. The summed E-state index contributed by atoms with van der Waals surface area (Å²) in [5.74, 6) is 0.523. The standard InChI is InChI=1S/C13H11ClF3NOS/c1-2-6-20-10-7-18-12-8(11(10)14)4-3-5-9(12)19-13(15,16)17/h3-5,7H,2,6H2,1H3. The molecule has 2 rings (SSSR count). The summed E-state index contributed by atoms with van der Waals surface area (Å²) in [5, 5.41) is 0.857. The number of rotatable bonds is 4. The molecule has 1 aromatic heterocycles. The van der Waals surface area contributed by atoms with Crippen LogP contribution in [-0.2, 0) is 0 Å². The van der Waals surface area contributed by atoms with Gasteiger partial charge in [0.05, 0.1) is 5.02 Å². The first kappa shape index (κ1) is 15.3. The van der Waals surface area contributed by atoms with E-state index in [0.29, 0.717) is 10.4 Å². The molecule has 7 heteroatoms. The number of halogens is 4. The first-order chi connectivity index (χ1) is 9.42. The first-order valence-electron chi connectivity index (χ1n) is 5.88. The maximum absolute atomic E-state index is 12.3. The number of fused-ring (bicyclic) bond motifs is 1. The lowest BCUT2D eigenvalue weighted by molar-refractivity contribution is -0.274. The number of aromatic nitrogens is 1. The number of ether oxygens (including phenoxy) is 1. The molecule has 1 aromatic carbocycles. The van der Waals surface area contributed by atoms with Crippen LogP contribution in [0.25, 0.3) is 10.9 Å². The van der Waals surface area contributed by atoms with Crippen molar-refractivity contribution in [3.8, 4) is 5.75 Å². The van der Waals surface area contributed by atoms with Crippen LogP contribution in [0.3, 0.4) is 0 Å². The van der Waals surface area contributed by atoms with Crippen molar-refractivity contribution < 1.29 is 17.9 Å². The molecular weight excluding hydrogens is 311 g/mol. The molecule has 0 amide bonds. The van der Waals surface area contributed by atoms with Crippen LogP contribution in [0, 0.1) is 0 Å². The Labute approximate surface area is 123 Å². The number of pyridine rings is 1. The van der Waals surface area contributed by atoms with Gasteiger partial charge in [-0.3, -0.25) is 4.98 Å². The molecule has 0 saturated heterocycles. The summed E-state index contributed by atoms with van der Waals surface area (Å²) >= 11 is 7.75. The van der Waals surface area contributed by atoms with Gasteiger partial charge in [-0.15, -0.1) is 24.9 Å². The van der Waals surface area contributed by atoms with E-state index in [0.717, 1.165) is 17.1 Å². The van der Waals surface area contributed by atoms with Crippen LogP contribution in [-0.4, -0.2) is 17.1 Å². The number of nitrogens with zero attached hydrogens (tertiary/aromatic N) is 1. The van der Waals surface area contributed by atoms with Gasteiger partial charge in [0.1, 0.15) is 5.52 Å². The fourth-order valence-electron chi connectivity index (χ4n) is 1.66. The number of para-hydroxylation sites is 1. The van der Waals surface area contributed by atoms with Crippen LogP contribution in [0.2, 0.25) is 5.02 Å². The molecule has 2 aromatic rings. The van der Waals surface area contributed by atoms with Crippen molar-refractivity contribution in [3.05, 3.63) is 29.4 Å². The molecule has 0 spiro atoms. The molecule has 0 unspecified atom stereocenters. The average molecular weight is 322 g/mol. The maximum atomic E-state index is 12.3. The quantitative estimate of drug-likeness (QED) is 0.714. The van der Waals surface area contributed by atoms with Crippen LogP contribution in [0.1, 0.15) is 13.3 Å². The lowest BCUT2D eigenvalue weighted by Gasteiger charge is -2.12. The summed E-state index contributed by atoms with van der Waals surface area (Å²) in [6, 6.07) is 4.31. The Hall–Kier alpha value is -1.14. The second-order valence-corrected chi connectivity index (χ2v) is 5.50. The summed E-state index contributed by atoms with van der Waals surface area (Å²) in [6.45, 7) is 2.03. The zero-order valence-electron chi connectivity index (χ0n) is 10.5. The van der Waals surface area contributed by atoms with E-state index in [4.69, 9.17) is 11.6 Å². The number of benzene rings is 1. The molecule has 0 bridgehead atoms. The number of hydrogen-bond donors (Lipinski definition) is 0. The molecule has 1 heterocycles. The van der Waals surface area contributed by atoms with E-state index in [-0.39, 0.29) is 11.3 Å². The Morgan fingerprint density at radius 3 is 2.75 bits per heavy atom. The normalized spacial score (nSPS) is 11.8. The van der Waals surface area contributed by atoms with E-state index in [9.17, 15) is 13.2 Å². The molecule has 0 aliphatic heterocycles. The van der Waals surface area contributed by atoms with Crippen molar-refractivity contribution >= 4 is 34.3 Å². The third-order valence-electron chi connectivity index (χ3n) is 2.45. The van der Waals surface area contributed by atoms with Gasteiger partial charge >= 0.3 is 6.36 Å². The Kier molecular flexibility index (Phi) is 4.65. The highest BCUT2D eigenvalue weighted by Crippen LogP contribution is 2.37. The van der Waals surface area contributed by atoms with Crippen LogP contribution in [0.4, 0.5) is 13.2 Å². The third-order valence-corrected chi connectivity index (χ3v) is 4.20. The van der Waals surface area contributed by atoms with Crippen LogP contribution >= 0.6 is 23.4 Å². The molecule has 20 heavy (non-hydrogen) atoms. The van der Waals surface area contributed by atoms with Gasteiger partial charge in [0.25, 0.3) is 0 Å². The minimum Gasteiger partial charge on any atom is -0.403 e. The molecule has 108 valence electrons. The lowest BCUT2D eigenvalue weighted by Crippen LogP contribution is -2.17. The summed E-state index contributed by atoms with van der Waals surface area (Å²) in [6.07, 6.45) is -2.30. The van der Waals surface area contributed by atoms with Crippen LogP contribution in [0.5, 0.6) is 5.75 Å². The van der Waals surface area contributed by atoms with Gasteiger partial charge in [0.2, 0.25) is 0 Å². The Bertz CT molecular complexity index is 618. The molecule has 0 fully saturated rings. The van der Waals surface area contributed by atoms with Gasteiger partial charge in [-0.2, -0.15) is 0 Å². The summed E-state index contributed by atoms with van der Waals surface area (Å²) in [4.78, 5) is 4.80. The van der Waals surface area contributed by atoms with Crippen molar-refractivity contribution in [1.29, 1.82) is 0 Å². The molecule has 0 N–H and O–H groups in total. The monoisotopic (exact) mass is 321 g/mol. The SMILES string of the molecule is CCCSc1cnc2c(OC(F)(F)F)cccc2c1Cl. The van der Waals surface area contributed by atoms with E-state index in [1.54, 1.807) is 6.07 Å². The predicted octanol–water partition coefficient (Wildman–Crippen LogP) is 5.29. The maximum Gasteiger partial charge on any atom is 0.573 e. The first-order valence-corrected chi connectivity index (χ1v) is 7.24. The van der Waals surface area contributed by atoms with Gasteiger partial charge in [0, 0.05) is 16.5 Å². The van der Waals surface area contributed by atoms with Gasteiger partial charge in [-0.25, -0.2) is 0 Å². The largest absolute Gasteiger partial charge is 0.573 e. The van der Waals surface area contributed by atoms with Gasteiger partial charge in [-0.1, -0.05) is 30.7 Å². The van der Waals surface area contributed by atoms with Crippen molar-refractivity contribution in [3.63, 3.8) is 0 Å². The van der Waals surface area contributed by atoms with Crippen molar-refractivity contribution in [2.75, 3.05) is 5.75 Å². The lowest BCUT2D eigenvalue weighted by atomic mass is 10.2. The molecular formula is C13H11ClF3NOS. The number of hydrogen-bond acceptors (Lipinski definition) is 3. The molecule has 0 radical (unpaired) electrons. The van der Waals surface area contributed by atoms with Gasteiger partial charge < -0.3 is 4.74 Å². The second kappa shape index (κ2) is 6.10. The molecule has 0 aliphatic carbocycles. The van der Waals surface area contributed by atoms with E-state index >= 15 is 0 Å². The topological polar surface area (TPSA) is 22.1 Å². The van der Waals surface area contributed by atoms with E-state index in [1.807, 2.05) is 6.92 Å². The Morgan fingerprint density at radius 2 is 2.10 bits per heavy atom. The Morgan fingerprint density at radius 1 is 1.35 bits per heavy atom. The van der Waals surface area contributed by atoms with Crippen molar-refractivity contribution in [2.24, 2.45) is 0 Å². The molecule has 0 atom stereocenters. The molecule has 2 nitrogen and oxygen atoms in total. The zero-order valence-corrected chi connectivity index (χ0v) is 12.1. The summed E-state index contributed by atoms with van der Waals surface area (Å²) < 4.78 is 40.9. The minimum atomic E-state index is -4.75. The highest BCUT2D eigenvalue weighted by atomic mass is 35.5. The predicted molar refractivity (Wildman–Crippen MR) is 74.5 cm³/mol.